The van der Waals surface area contributed by atoms with Gasteiger partial charge < -0.3 is 5.11 Å². The molecule has 1 heteroatoms. The molecule has 2 aliphatic rings. The van der Waals surface area contributed by atoms with Gasteiger partial charge in [-0.3, -0.25) is 0 Å². The molecule has 0 spiro atoms. The maximum atomic E-state index is 10.1. The molecule has 2 rings (SSSR count). The van der Waals surface area contributed by atoms with E-state index < -0.39 is 0 Å². The summed E-state index contributed by atoms with van der Waals surface area (Å²) in [6.07, 6.45) is 3.89. The van der Waals surface area contributed by atoms with Crippen molar-refractivity contribution < 1.29 is 5.11 Å². The largest absolute Gasteiger partial charge is 0.392 e. The van der Waals surface area contributed by atoms with Crippen LogP contribution >= 0.6 is 0 Å². The number of hydrogen-bond donors (Lipinski definition) is 1. The van der Waals surface area contributed by atoms with Crippen LogP contribution in [0.1, 0.15) is 40.0 Å². The fourth-order valence-corrected chi connectivity index (χ4v) is 3.45. The van der Waals surface area contributed by atoms with E-state index in [1.54, 1.807) is 0 Å². The Hall–Kier alpha value is -0.0400. The van der Waals surface area contributed by atoms with E-state index in [-0.39, 0.29) is 11.5 Å². The first kappa shape index (κ1) is 8.55. The van der Waals surface area contributed by atoms with E-state index in [2.05, 4.69) is 20.8 Å². The molecule has 0 bridgehead atoms. The third kappa shape index (κ3) is 1.02. The van der Waals surface area contributed by atoms with Crippen LogP contribution < -0.4 is 0 Å². The Morgan fingerprint density at radius 1 is 1.25 bits per heavy atom. The first-order valence-electron chi connectivity index (χ1n) is 5.20. The lowest BCUT2D eigenvalue weighted by atomic mass is 9.83. The van der Waals surface area contributed by atoms with Gasteiger partial charge in [-0.15, -0.1) is 0 Å². The summed E-state index contributed by atoms with van der Waals surface area (Å²) in [5, 5.41) is 10.1. The predicted octanol–water partition coefficient (Wildman–Crippen LogP) is 2.44. The molecule has 4 unspecified atom stereocenters. The molecular weight excluding hydrogens is 148 g/mol. The van der Waals surface area contributed by atoms with E-state index in [0.717, 1.165) is 11.8 Å². The highest BCUT2D eigenvalue weighted by molar-refractivity contribution is 5.01. The molecule has 0 saturated heterocycles. The van der Waals surface area contributed by atoms with Crippen molar-refractivity contribution in [1.82, 2.24) is 0 Å². The van der Waals surface area contributed by atoms with Crippen LogP contribution in [0.2, 0.25) is 0 Å². The fraction of sp³-hybridized carbons (Fsp3) is 1.00. The van der Waals surface area contributed by atoms with Crippen LogP contribution in [0.4, 0.5) is 0 Å². The van der Waals surface area contributed by atoms with Crippen molar-refractivity contribution in [3.8, 4) is 0 Å². The van der Waals surface area contributed by atoms with Gasteiger partial charge in [-0.2, -0.15) is 0 Å². The van der Waals surface area contributed by atoms with Crippen molar-refractivity contribution in [2.24, 2.45) is 23.2 Å². The molecule has 2 fully saturated rings. The monoisotopic (exact) mass is 168 g/mol. The Kier molecular flexibility index (Phi) is 1.76. The van der Waals surface area contributed by atoms with Gasteiger partial charge in [0.1, 0.15) is 0 Å². The molecule has 12 heavy (non-hydrogen) atoms. The molecule has 4 atom stereocenters. The van der Waals surface area contributed by atoms with Crippen LogP contribution in [0.15, 0.2) is 0 Å². The van der Waals surface area contributed by atoms with Crippen molar-refractivity contribution in [1.29, 1.82) is 0 Å². The molecule has 0 radical (unpaired) electrons. The zero-order valence-corrected chi connectivity index (χ0v) is 8.38. The molecule has 0 aromatic rings. The van der Waals surface area contributed by atoms with Crippen LogP contribution in [-0.2, 0) is 0 Å². The quantitative estimate of drug-likeness (QED) is 0.589. The summed E-state index contributed by atoms with van der Waals surface area (Å²) in [5.74, 6) is 2.19. The van der Waals surface area contributed by atoms with Crippen LogP contribution in [0, 0.1) is 23.2 Å². The number of aliphatic hydroxyl groups excluding tert-OH is 1. The van der Waals surface area contributed by atoms with Crippen LogP contribution in [0.25, 0.3) is 0 Å². The normalized spacial score (nSPS) is 51.0. The molecule has 0 aromatic heterocycles. The predicted molar refractivity (Wildman–Crippen MR) is 49.8 cm³/mol. The molecule has 0 amide bonds. The van der Waals surface area contributed by atoms with Gasteiger partial charge in [0.2, 0.25) is 0 Å². The highest BCUT2D eigenvalue weighted by Crippen LogP contribution is 2.54. The fourth-order valence-electron chi connectivity index (χ4n) is 3.45. The Balaban J connectivity index is 2.20. The highest BCUT2D eigenvalue weighted by atomic mass is 16.3. The molecule has 0 aliphatic heterocycles. The van der Waals surface area contributed by atoms with Gasteiger partial charge in [0.05, 0.1) is 6.10 Å². The summed E-state index contributed by atoms with van der Waals surface area (Å²) in [6, 6.07) is 0. The van der Waals surface area contributed by atoms with Gasteiger partial charge in [0, 0.05) is 0 Å². The Labute approximate surface area is 75.2 Å². The third-order valence-electron chi connectivity index (χ3n) is 4.15. The lowest BCUT2D eigenvalue weighted by molar-refractivity contribution is 0.0308. The van der Waals surface area contributed by atoms with E-state index in [0.29, 0.717) is 5.92 Å². The average molecular weight is 168 g/mol. The van der Waals surface area contributed by atoms with E-state index in [4.69, 9.17) is 0 Å². The first-order chi connectivity index (χ1) is 5.52. The van der Waals surface area contributed by atoms with Gasteiger partial charge in [-0.1, -0.05) is 27.2 Å². The second kappa shape index (κ2) is 2.47. The summed E-state index contributed by atoms with van der Waals surface area (Å²) >= 11 is 0. The van der Waals surface area contributed by atoms with Gasteiger partial charge >= 0.3 is 0 Å². The van der Waals surface area contributed by atoms with Crippen molar-refractivity contribution in [2.75, 3.05) is 0 Å². The number of aliphatic hydroxyl groups is 1. The standard InChI is InChI=1S/C11H20O/c1-7-4-5-8-6-11(2,3)10(12)9(7)8/h7-10,12H,4-6H2,1-3H3. The lowest BCUT2D eigenvalue weighted by Gasteiger charge is -2.27. The van der Waals surface area contributed by atoms with Gasteiger partial charge in [-0.05, 0) is 36.0 Å². The summed E-state index contributed by atoms with van der Waals surface area (Å²) in [5.41, 5.74) is 0.185. The zero-order valence-electron chi connectivity index (χ0n) is 8.38. The summed E-state index contributed by atoms with van der Waals surface area (Å²) < 4.78 is 0. The Morgan fingerprint density at radius 2 is 1.92 bits per heavy atom. The summed E-state index contributed by atoms with van der Waals surface area (Å²) in [7, 11) is 0. The maximum absolute atomic E-state index is 10.1. The van der Waals surface area contributed by atoms with E-state index in [9.17, 15) is 5.11 Å². The molecule has 70 valence electrons. The molecule has 0 heterocycles. The second-order valence-electron chi connectivity index (χ2n) is 5.53. The molecule has 2 saturated carbocycles. The van der Waals surface area contributed by atoms with Crippen LogP contribution in [0.3, 0.4) is 0 Å². The van der Waals surface area contributed by atoms with Crippen LogP contribution in [-0.4, -0.2) is 11.2 Å². The van der Waals surface area contributed by atoms with Gasteiger partial charge in [-0.25, -0.2) is 0 Å². The Morgan fingerprint density at radius 3 is 2.50 bits per heavy atom. The lowest BCUT2D eigenvalue weighted by Crippen LogP contribution is -2.30. The number of rotatable bonds is 0. The molecule has 0 aromatic carbocycles. The Bertz CT molecular complexity index is 185. The van der Waals surface area contributed by atoms with Gasteiger partial charge in [0.25, 0.3) is 0 Å². The first-order valence-corrected chi connectivity index (χ1v) is 5.20. The van der Waals surface area contributed by atoms with Crippen molar-refractivity contribution in [2.45, 2.75) is 46.1 Å². The van der Waals surface area contributed by atoms with E-state index >= 15 is 0 Å². The topological polar surface area (TPSA) is 20.2 Å². The molecule has 2 aliphatic carbocycles. The number of fused-ring (bicyclic) bond motifs is 1. The summed E-state index contributed by atoms with van der Waals surface area (Å²) in [6.45, 7) is 6.72. The minimum absolute atomic E-state index is 0.0417. The highest BCUT2D eigenvalue weighted by Gasteiger charge is 2.51. The smallest absolute Gasteiger partial charge is 0.0624 e. The average Bonchev–Trinajstić information content (AvgIpc) is 2.38. The van der Waals surface area contributed by atoms with Gasteiger partial charge in [0.15, 0.2) is 0 Å². The maximum Gasteiger partial charge on any atom is 0.0624 e. The zero-order chi connectivity index (χ0) is 8.93. The van der Waals surface area contributed by atoms with Crippen molar-refractivity contribution in [3.05, 3.63) is 0 Å². The molecule has 1 N–H and O–H groups in total. The minimum Gasteiger partial charge on any atom is -0.392 e. The third-order valence-corrected chi connectivity index (χ3v) is 4.15. The molecular formula is C11H20O. The van der Waals surface area contributed by atoms with Crippen molar-refractivity contribution >= 4 is 0 Å². The van der Waals surface area contributed by atoms with Crippen LogP contribution in [0.5, 0.6) is 0 Å². The van der Waals surface area contributed by atoms with Crippen molar-refractivity contribution in [3.63, 3.8) is 0 Å². The summed E-state index contributed by atoms with van der Waals surface area (Å²) in [4.78, 5) is 0. The molecule has 1 nitrogen and oxygen atoms in total. The second-order valence-corrected chi connectivity index (χ2v) is 5.53. The number of hydrogen-bond acceptors (Lipinski definition) is 1. The minimum atomic E-state index is -0.0417. The SMILES string of the molecule is CC1CCC2CC(C)(C)C(O)C12. The van der Waals surface area contributed by atoms with E-state index in [1.165, 1.54) is 19.3 Å². The van der Waals surface area contributed by atoms with E-state index in [1.807, 2.05) is 0 Å².